The number of hydrogen-bond donors (Lipinski definition) is 0. The van der Waals surface area contributed by atoms with E-state index in [-0.39, 0.29) is 5.82 Å². The highest BCUT2D eigenvalue weighted by molar-refractivity contribution is 5.85. The zero-order valence-electron chi connectivity index (χ0n) is 10.5. The third-order valence-corrected chi connectivity index (χ3v) is 1.85. The lowest BCUT2D eigenvalue weighted by atomic mass is 10.4. The van der Waals surface area contributed by atoms with Gasteiger partial charge in [0.05, 0.1) is 12.3 Å². The molecule has 0 aromatic carbocycles. The van der Waals surface area contributed by atoms with Crippen molar-refractivity contribution in [3.8, 4) is 0 Å². The summed E-state index contributed by atoms with van der Waals surface area (Å²) in [5.74, 6) is -0.404. The SMILES string of the molecule is CC.CCOC(=O)c1nnc2ccc(C)nn12. The molecule has 2 aromatic rings. The van der Waals surface area contributed by atoms with Crippen LogP contribution in [0.2, 0.25) is 0 Å². The Labute approximate surface area is 99.6 Å². The Bertz CT molecular complexity index is 507. The van der Waals surface area contributed by atoms with Gasteiger partial charge in [0.2, 0.25) is 0 Å². The summed E-state index contributed by atoms with van der Waals surface area (Å²) < 4.78 is 6.21. The van der Waals surface area contributed by atoms with Crippen molar-refractivity contribution in [1.29, 1.82) is 0 Å². The first-order valence-electron chi connectivity index (χ1n) is 5.58. The van der Waals surface area contributed by atoms with E-state index in [9.17, 15) is 4.79 Å². The molecule has 0 atom stereocenters. The molecule has 0 fully saturated rings. The van der Waals surface area contributed by atoms with Gasteiger partial charge >= 0.3 is 5.97 Å². The summed E-state index contributed by atoms with van der Waals surface area (Å²) in [5, 5.41) is 11.7. The van der Waals surface area contributed by atoms with Gasteiger partial charge in [-0.3, -0.25) is 0 Å². The van der Waals surface area contributed by atoms with Crippen LogP contribution >= 0.6 is 0 Å². The summed E-state index contributed by atoms with van der Waals surface area (Å²) >= 11 is 0. The molecule has 0 saturated carbocycles. The second kappa shape index (κ2) is 5.93. The minimum atomic E-state index is -0.511. The van der Waals surface area contributed by atoms with E-state index in [1.807, 2.05) is 20.8 Å². The van der Waals surface area contributed by atoms with Gasteiger partial charge < -0.3 is 4.74 Å². The second-order valence-corrected chi connectivity index (χ2v) is 2.99. The Balaban J connectivity index is 0.000000686. The van der Waals surface area contributed by atoms with Crippen molar-refractivity contribution < 1.29 is 9.53 Å². The molecule has 0 amide bonds. The topological polar surface area (TPSA) is 69.4 Å². The monoisotopic (exact) mass is 236 g/mol. The molecular weight excluding hydrogens is 220 g/mol. The van der Waals surface area contributed by atoms with Gasteiger partial charge in [0.1, 0.15) is 0 Å². The fourth-order valence-corrected chi connectivity index (χ4v) is 1.20. The number of carbonyl (C=O) groups excluding carboxylic acids is 1. The van der Waals surface area contributed by atoms with Gasteiger partial charge in [-0.15, -0.1) is 10.2 Å². The molecule has 6 heteroatoms. The Hall–Kier alpha value is -1.98. The number of fused-ring (bicyclic) bond motifs is 1. The summed E-state index contributed by atoms with van der Waals surface area (Å²) in [7, 11) is 0. The molecule has 17 heavy (non-hydrogen) atoms. The minimum Gasteiger partial charge on any atom is -0.460 e. The van der Waals surface area contributed by atoms with Crippen molar-refractivity contribution >= 4 is 11.6 Å². The predicted molar refractivity (Wildman–Crippen MR) is 62.8 cm³/mol. The van der Waals surface area contributed by atoms with E-state index in [1.165, 1.54) is 4.52 Å². The zero-order valence-corrected chi connectivity index (χ0v) is 10.5. The summed E-state index contributed by atoms with van der Waals surface area (Å²) in [6, 6.07) is 3.55. The van der Waals surface area contributed by atoms with E-state index in [1.54, 1.807) is 19.1 Å². The van der Waals surface area contributed by atoms with Gasteiger partial charge in [0, 0.05) is 0 Å². The van der Waals surface area contributed by atoms with Crippen molar-refractivity contribution in [2.24, 2.45) is 0 Å². The molecule has 92 valence electrons. The highest BCUT2D eigenvalue weighted by Gasteiger charge is 2.15. The number of aryl methyl sites for hydroxylation is 1. The van der Waals surface area contributed by atoms with Crippen LogP contribution in [0.3, 0.4) is 0 Å². The minimum absolute atomic E-state index is 0.107. The number of rotatable bonds is 2. The Morgan fingerprint density at radius 1 is 1.35 bits per heavy atom. The maximum atomic E-state index is 11.4. The van der Waals surface area contributed by atoms with E-state index in [2.05, 4.69) is 15.3 Å². The number of ether oxygens (including phenoxy) is 1. The standard InChI is InChI=1S/C9H10N4O2.C2H6/c1-3-15-9(14)8-11-10-7-5-4-6(2)12-13(7)8;1-2/h4-5H,3H2,1-2H3;1-2H3. The predicted octanol–water partition coefficient (Wildman–Crippen LogP) is 1.64. The van der Waals surface area contributed by atoms with Gasteiger partial charge in [-0.25, -0.2) is 4.79 Å². The van der Waals surface area contributed by atoms with Crippen LogP contribution in [0.5, 0.6) is 0 Å². The molecule has 0 aliphatic rings. The van der Waals surface area contributed by atoms with Crippen molar-refractivity contribution in [2.75, 3.05) is 6.61 Å². The highest BCUT2D eigenvalue weighted by atomic mass is 16.5. The largest absolute Gasteiger partial charge is 0.460 e. The van der Waals surface area contributed by atoms with Crippen molar-refractivity contribution in [3.63, 3.8) is 0 Å². The Morgan fingerprint density at radius 2 is 2.06 bits per heavy atom. The molecule has 0 unspecified atom stereocenters. The lowest BCUT2D eigenvalue weighted by molar-refractivity contribution is 0.0509. The molecule has 2 aromatic heterocycles. The normalized spacial score (nSPS) is 9.65. The Morgan fingerprint density at radius 3 is 2.71 bits per heavy atom. The van der Waals surface area contributed by atoms with E-state index >= 15 is 0 Å². The third kappa shape index (κ3) is 2.77. The number of nitrogens with zero attached hydrogens (tertiary/aromatic N) is 4. The Kier molecular flexibility index (Phi) is 4.56. The molecule has 0 aliphatic heterocycles. The van der Waals surface area contributed by atoms with Crippen molar-refractivity contribution in [2.45, 2.75) is 27.7 Å². The van der Waals surface area contributed by atoms with Crippen LogP contribution < -0.4 is 0 Å². The summed E-state index contributed by atoms with van der Waals surface area (Å²) in [5.41, 5.74) is 1.32. The van der Waals surface area contributed by atoms with Crippen LogP contribution in [0.1, 0.15) is 37.1 Å². The quantitative estimate of drug-likeness (QED) is 0.741. The van der Waals surface area contributed by atoms with Gasteiger partial charge in [-0.05, 0) is 26.0 Å². The highest BCUT2D eigenvalue weighted by Crippen LogP contribution is 2.03. The molecule has 0 spiro atoms. The molecule has 0 N–H and O–H groups in total. The van der Waals surface area contributed by atoms with Crippen LogP contribution in [-0.2, 0) is 4.74 Å². The summed E-state index contributed by atoms with van der Waals surface area (Å²) in [6.07, 6.45) is 0. The average Bonchev–Trinajstić information content (AvgIpc) is 2.75. The fraction of sp³-hybridized carbons (Fsp3) is 0.455. The first-order valence-corrected chi connectivity index (χ1v) is 5.58. The van der Waals surface area contributed by atoms with Crippen LogP contribution in [-0.4, -0.2) is 32.4 Å². The molecule has 6 nitrogen and oxygen atoms in total. The third-order valence-electron chi connectivity index (χ3n) is 1.85. The van der Waals surface area contributed by atoms with Crippen LogP contribution in [0.25, 0.3) is 5.65 Å². The molecule has 2 heterocycles. The first-order chi connectivity index (χ1) is 8.22. The first kappa shape index (κ1) is 13.1. The number of esters is 1. The lowest BCUT2D eigenvalue weighted by Crippen LogP contribution is -2.11. The fourth-order valence-electron chi connectivity index (χ4n) is 1.20. The maximum Gasteiger partial charge on any atom is 0.378 e. The number of aromatic nitrogens is 4. The van der Waals surface area contributed by atoms with Gasteiger partial charge in [-0.2, -0.15) is 9.61 Å². The van der Waals surface area contributed by atoms with Gasteiger partial charge in [0.25, 0.3) is 5.82 Å². The van der Waals surface area contributed by atoms with Crippen LogP contribution in [0.15, 0.2) is 12.1 Å². The van der Waals surface area contributed by atoms with Crippen LogP contribution in [0, 0.1) is 6.92 Å². The number of carbonyl (C=O) groups is 1. The second-order valence-electron chi connectivity index (χ2n) is 2.99. The lowest BCUT2D eigenvalue weighted by Gasteiger charge is -1.99. The number of hydrogen-bond acceptors (Lipinski definition) is 5. The van der Waals surface area contributed by atoms with E-state index in [0.717, 1.165) is 5.69 Å². The molecule has 0 saturated heterocycles. The molecule has 0 radical (unpaired) electrons. The maximum absolute atomic E-state index is 11.4. The van der Waals surface area contributed by atoms with E-state index < -0.39 is 5.97 Å². The van der Waals surface area contributed by atoms with E-state index in [0.29, 0.717) is 12.3 Å². The summed E-state index contributed by atoms with van der Waals surface area (Å²) in [6.45, 7) is 7.87. The van der Waals surface area contributed by atoms with Crippen molar-refractivity contribution in [1.82, 2.24) is 19.8 Å². The van der Waals surface area contributed by atoms with Crippen LogP contribution in [0.4, 0.5) is 0 Å². The van der Waals surface area contributed by atoms with Gasteiger partial charge in [-0.1, -0.05) is 13.8 Å². The summed E-state index contributed by atoms with van der Waals surface area (Å²) in [4.78, 5) is 11.4. The molecular formula is C11H16N4O2. The molecule has 2 rings (SSSR count). The van der Waals surface area contributed by atoms with Gasteiger partial charge in [0.15, 0.2) is 5.65 Å². The van der Waals surface area contributed by atoms with Crippen molar-refractivity contribution in [3.05, 3.63) is 23.7 Å². The average molecular weight is 236 g/mol. The molecule has 0 bridgehead atoms. The zero-order chi connectivity index (χ0) is 12.8. The smallest absolute Gasteiger partial charge is 0.378 e. The van der Waals surface area contributed by atoms with E-state index in [4.69, 9.17) is 4.74 Å². The molecule has 0 aliphatic carbocycles.